The fourth-order valence-corrected chi connectivity index (χ4v) is 2.37. The second-order valence-corrected chi connectivity index (χ2v) is 5.16. The van der Waals surface area contributed by atoms with Gasteiger partial charge in [-0.3, -0.25) is 9.20 Å². The third-order valence-electron chi connectivity index (χ3n) is 3.50. The Kier molecular flexibility index (Phi) is 3.11. The minimum Gasteiger partial charge on any atom is -0.297 e. The fraction of sp³-hybridized carbons (Fsp3) is 0.176. The van der Waals surface area contributed by atoms with Gasteiger partial charge in [0, 0.05) is 12.6 Å². The van der Waals surface area contributed by atoms with E-state index in [1.54, 1.807) is 0 Å². The van der Waals surface area contributed by atoms with Crippen LogP contribution in [0, 0.1) is 13.8 Å². The van der Waals surface area contributed by atoms with Crippen molar-refractivity contribution in [2.75, 3.05) is 0 Å². The fourth-order valence-electron chi connectivity index (χ4n) is 2.37. The van der Waals surface area contributed by atoms with Gasteiger partial charge >= 0.3 is 0 Å². The number of rotatable bonds is 3. The Morgan fingerprint density at radius 2 is 1.85 bits per heavy atom. The van der Waals surface area contributed by atoms with Gasteiger partial charge in [-0.25, -0.2) is 4.98 Å². The van der Waals surface area contributed by atoms with Crippen LogP contribution in [0.3, 0.4) is 0 Å². The first-order valence-electron chi connectivity index (χ1n) is 6.65. The predicted octanol–water partition coefficient (Wildman–Crippen LogP) is 3.35. The Balaban J connectivity index is 2.06. The standard InChI is InChI=1S/C17H16N2O/c1-12-3-5-14(6-4-12)10-15-16(11-20)19-8-7-13(2)9-17(19)18-15/h3-9,11H,10H2,1-2H3. The third-order valence-corrected chi connectivity index (χ3v) is 3.50. The molecule has 0 bridgehead atoms. The average molecular weight is 264 g/mol. The highest BCUT2D eigenvalue weighted by Crippen LogP contribution is 2.16. The van der Waals surface area contributed by atoms with Crippen LogP contribution in [0.5, 0.6) is 0 Å². The molecule has 0 aliphatic rings. The van der Waals surface area contributed by atoms with Gasteiger partial charge in [0.15, 0.2) is 6.29 Å². The lowest BCUT2D eigenvalue weighted by Gasteiger charge is -2.00. The molecule has 100 valence electrons. The molecular formula is C17H16N2O. The number of hydrogen-bond acceptors (Lipinski definition) is 2. The number of fused-ring (bicyclic) bond motifs is 1. The summed E-state index contributed by atoms with van der Waals surface area (Å²) in [6.07, 6.45) is 3.47. The molecule has 0 unspecified atom stereocenters. The number of carbonyl (C=O) groups excluding carboxylic acids is 1. The maximum Gasteiger partial charge on any atom is 0.168 e. The molecule has 0 aliphatic carbocycles. The summed E-state index contributed by atoms with van der Waals surface area (Å²) in [5, 5.41) is 0. The third kappa shape index (κ3) is 2.23. The predicted molar refractivity (Wildman–Crippen MR) is 79.3 cm³/mol. The summed E-state index contributed by atoms with van der Waals surface area (Å²) < 4.78 is 1.85. The highest BCUT2D eigenvalue weighted by atomic mass is 16.1. The van der Waals surface area contributed by atoms with Crippen molar-refractivity contribution in [3.63, 3.8) is 0 Å². The average Bonchev–Trinajstić information content (AvgIpc) is 2.77. The number of nitrogens with zero attached hydrogens (tertiary/aromatic N) is 2. The van der Waals surface area contributed by atoms with Crippen LogP contribution < -0.4 is 0 Å². The maximum absolute atomic E-state index is 11.4. The molecule has 0 aliphatic heterocycles. The van der Waals surface area contributed by atoms with Crippen molar-refractivity contribution >= 4 is 11.9 Å². The van der Waals surface area contributed by atoms with E-state index >= 15 is 0 Å². The molecule has 3 nitrogen and oxygen atoms in total. The van der Waals surface area contributed by atoms with Crippen LogP contribution in [0.4, 0.5) is 0 Å². The van der Waals surface area contributed by atoms with E-state index in [1.807, 2.05) is 29.7 Å². The summed E-state index contributed by atoms with van der Waals surface area (Å²) in [5.74, 6) is 0. The van der Waals surface area contributed by atoms with Gasteiger partial charge in [-0.15, -0.1) is 0 Å². The molecule has 0 fully saturated rings. The van der Waals surface area contributed by atoms with Gasteiger partial charge in [0.25, 0.3) is 0 Å². The van der Waals surface area contributed by atoms with Crippen LogP contribution in [0.1, 0.15) is 32.9 Å². The lowest BCUT2D eigenvalue weighted by Crippen LogP contribution is -1.96. The van der Waals surface area contributed by atoms with E-state index in [1.165, 1.54) is 11.1 Å². The molecule has 0 amide bonds. The van der Waals surface area contributed by atoms with Crippen molar-refractivity contribution in [1.29, 1.82) is 0 Å². The van der Waals surface area contributed by atoms with Gasteiger partial charge < -0.3 is 0 Å². The first-order valence-corrected chi connectivity index (χ1v) is 6.65. The summed E-state index contributed by atoms with van der Waals surface area (Å²) in [6.45, 7) is 4.09. The lowest BCUT2D eigenvalue weighted by atomic mass is 10.1. The zero-order valence-electron chi connectivity index (χ0n) is 11.6. The normalized spacial score (nSPS) is 10.9. The summed E-state index contributed by atoms with van der Waals surface area (Å²) in [7, 11) is 0. The number of hydrogen-bond donors (Lipinski definition) is 0. The van der Waals surface area contributed by atoms with Crippen LogP contribution in [0.25, 0.3) is 5.65 Å². The molecule has 20 heavy (non-hydrogen) atoms. The summed E-state index contributed by atoms with van der Waals surface area (Å²) in [4.78, 5) is 16.0. The molecule has 0 radical (unpaired) electrons. The molecule has 0 atom stereocenters. The number of aromatic nitrogens is 2. The van der Waals surface area contributed by atoms with E-state index in [9.17, 15) is 4.79 Å². The minimum absolute atomic E-state index is 0.639. The molecule has 3 aromatic rings. The molecule has 0 saturated heterocycles. The molecule has 1 aromatic carbocycles. The van der Waals surface area contributed by atoms with Crippen LogP contribution in [0.15, 0.2) is 42.6 Å². The van der Waals surface area contributed by atoms with Crippen LogP contribution in [-0.2, 0) is 6.42 Å². The number of benzene rings is 1. The molecule has 0 N–H and O–H groups in total. The summed E-state index contributed by atoms with van der Waals surface area (Å²) >= 11 is 0. The smallest absolute Gasteiger partial charge is 0.168 e. The highest BCUT2D eigenvalue weighted by molar-refractivity contribution is 5.76. The Morgan fingerprint density at radius 3 is 2.55 bits per heavy atom. The monoisotopic (exact) mass is 264 g/mol. The summed E-state index contributed by atoms with van der Waals surface area (Å²) in [5.41, 5.74) is 5.83. The van der Waals surface area contributed by atoms with Gasteiger partial charge in [-0.05, 0) is 37.1 Å². The van der Waals surface area contributed by atoms with Crippen LogP contribution in [0.2, 0.25) is 0 Å². The number of pyridine rings is 1. The Bertz CT molecular complexity index is 770. The van der Waals surface area contributed by atoms with Gasteiger partial charge in [-0.2, -0.15) is 0 Å². The molecule has 2 heterocycles. The molecule has 0 saturated carbocycles. The van der Waals surface area contributed by atoms with E-state index in [-0.39, 0.29) is 0 Å². The number of aryl methyl sites for hydroxylation is 2. The first-order chi connectivity index (χ1) is 9.67. The maximum atomic E-state index is 11.4. The zero-order chi connectivity index (χ0) is 14.1. The molecule has 3 rings (SSSR count). The van der Waals surface area contributed by atoms with E-state index in [2.05, 4.69) is 36.2 Å². The van der Waals surface area contributed by atoms with Crippen molar-refractivity contribution in [3.05, 3.63) is 70.7 Å². The van der Waals surface area contributed by atoms with E-state index < -0.39 is 0 Å². The van der Waals surface area contributed by atoms with Crippen molar-refractivity contribution in [2.45, 2.75) is 20.3 Å². The number of carbonyl (C=O) groups is 1. The van der Waals surface area contributed by atoms with Gasteiger partial charge in [0.1, 0.15) is 11.3 Å². The SMILES string of the molecule is Cc1ccc(Cc2nc3cc(C)ccn3c2C=O)cc1. The number of aldehydes is 1. The van der Waals surface area contributed by atoms with Crippen molar-refractivity contribution < 1.29 is 4.79 Å². The van der Waals surface area contributed by atoms with Gasteiger partial charge in [0.05, 0.1) is 5.69 Å². The first kappa shape index (κ1) is 12.6. The van der Waals surface area contributed by atoms with Crippen LogP contribution in [-0.4, -0.2) is 15.7 Å². The minimum atomic E-state index is 0.639. The van der Waals surface area contributed by atoms with E-state index in [0.29, 0.717) is 12.1 Å². The van der Waals surface area contributed by atoms with Gasteiger partial charge in [0.2, 0.25) is 0 Å². The second-order valence-electron chi connectivity index (χ2n) is 5.16. The quantitative estimate of drug-likeness (QED) is 0.680. The topological polar surface area (TPSA) is 34.4 Å². The zero-order valence-corrected chi connectivity index (χ0v) is 11.6. The van der Waals surface area contributed by atoms with Crippen molar-refractivity contribution in [1.82, 2.24) is 9.38 Å². The summed E-state index contributed by atoms with van der Waals surface area (Å²) in [6, 6.07) is 12.3. The second kappa shape index (κ2) is 4.93. The van der Waals surface area contributed by atoms with E-state index in [0.717, 1.165) is 23.2 Å². The number of imidazole rings is 1. The highest BCUT2D eigenvalue weighted by Gasteiger charge is 2.11. The molecular weight excluding hydrogens is 248 g/mol. The largest absolute Gasteiger partial charge is 0.297 e. The van der Waals surface area contributed by atoms with Crippen molar-refractivity contribution in [2.24, 2.45) is 0 Å². The Hall–Kier alpha value is -2.42. The lowest BCUT2D eigenvalue weighted by molar-refractivity contribution is 0.111. The van der Waals surface area contributed by atoms with Gasteiger partial charge in [-0.1, -0.05) is 29.8 Å². The van der Waals surface area contributed by atoms with Crippen LogP contribution >= 0.6 is 0 Å². The Labute approximate surface area is 117 Å². The molecule has 3 heteroatoms. The van der Waals surface area contributed by atoms with E-state index in [4.69, 9.17) is 0 Å². The van der Waals surface area contributed by atoms with Crippen molar-refractivity contribution in [3.8, 4) is 0 Å². The molecule has 0 spiro atoms. The Morgan fingerprint density at radius 1 is 1.10 bits per heavy atom. The molecule has 2 aromatic heterocycles.